The quantitative estimate of drug-likeness (QED) is 0.323. The third kappa shape index (κ3) is 3.98. The second kappa shape index (κ2) is 9.31. The Kier molecular flexibility index (Phi) is 6.49. The van der Waals surface area contributed by atoms with Gasteiger partial charge in [-0.3, -0.25) is 0 Å². The van der Waals surface area contributed by atoms with Crippen LogP contribution in [0.4, 0.5) is 4.39 Å². The van der Waals surface area contributed by atoms with Crippen molar-refractivity contribution in [2.75, 3.05) is 6.61 Å². The number of carbonyl (C=O) groups excluding carboxylic acids is 1. The minimum absolute atomic E-state index is 0.267. The summed E-state index contributed by atoms with van der Waals surface area (Å²) in [6.07, 6.45) is 8.11. The fraction of sp³-hybridized carbons (Fsp3) is 0.462. The van der Waals surface area contributed by atoms with E-state index in [0.717, 1.165) is 61.1 Å². The van der Waals surface area contributed by atoms with Crippen LogP contribution in [-0.2, 0) is 11.8 Å². The van der Waals surface area contributed by atoms with E-state index in [-0.39, 0.29) is 11.8 Å². The SMILES string of the molecule is C=C(CCC)C1CCC(c2c(-c3ccc(F)cc3)n(C)c3c(C(=O)OCC)cnn23)CC1. The average Bonchev–Trinajstić information content (AvgIpc) is 3.34. The smallest absolute Gasteiger partial charge is 0.343 e. The van der Waals surface area contributed by atoms with Gasteiger partial charge in [0.2, 0.25) is 0 Å². The van der Waals surface area contributed by atoms with Gasteiger partial charge in [0.05, 0.1) is 24.2 Å². The minimum Gasteiger partial charge on any atom is -0.462 e. The normalized spacial score (nSPS) is 18.8. The molecular formula is C26H32FN3O2. The number of carbonyl (C=O) groups is 1. The molecule has 4 rings (SSSR count). The van der Waals surface area contributed by atoms with E-state index in [1.807, 2.05) is 16.1 Å². The van der Waals surface area contributed by atoms with Crippen LogP contribution in [0.25, 0.3) is 16.9 Å². The van der Waals surface area contributed by atoms with Crippen molar-refractivity contribution in [3.05, 3.63) is 59.7 Å². The Morgan fingerprint density at radius 3 is 2.50 bits per heavy atom. The summed E-state index contributed by atoms with van der Waals surface area (Å²) in [6, 6.07) is 6.55. The van der Waals surface area contributed by atoms with E-state index in [2.05, 4.69) is 18.6 Å². The van der Waals surface area contributed by atoms with E-state index < -0.39 is 0 Å². The van der Waals surface area contributed by atoms with Crippen molar-refractivity contribution in [1.29, 1.82) is 0 Å². The maximum Gasteiger partial charge on any atom is 0.343 e. The van der Waals surface area contributed by atoms with E-state index in [9.17, 15) is 9.18 Å². The molecule has 6 heteroatoms. The lowest BCUT2D eigenvalue weighted by Gasteiger charge is -2.30. The Morgan fingerprint density at radius 2 is 1.88 bits per heavy atom. The lowest BCUT2D eigenvalue weighted by atomic mass is 9.76. The van der Waals surface area contributed by atoms with Crippen molar-refractivity contribution in [2.45, 2.75) is 58.3 Å². The van der Waals surface area contributed by atoms with Crippen LogP contribution in [0.15, 0.2) is 42.6 Å². The number of allylic oxidation sites excluding steroid dienone is 1. The van der Waals surface area contributed by atoms with Crippen molar-refractivity contribution in [1.82, 2.24) is 14.2 Å². The van der Waals surface area contributed by atoms with Gasteiger partial charge in [0.15, 0.2) is 5.65 Å². The van der Waals surface area contributed by atoms with Crippen molar-refractivity contribution in [3.63, 3.8) is 0 Å². The summed E-state index contributed by atoms with van der Waals surface area (Å²) in [5.74, 6) is 0.239. The first-order valence-corrected chi connectivity index (χ1v) is 11.6. The van der Waals surface area contributed by atoms with Gasteiger partial charge in [0.1, 0.15) is 11.4 Å². The number of ether oxygens (including phenoxy) is 1. The van der Waals surface area contributed by atoms with Crippen LogP contribution in [0.3, 0.4) is 0 Å². The number of aryl methyl sites for hydroxylation is 1. The number of fused-ring (bicyclic) bond motifs is 1. The van der Waals surface area contributed by atoms with Crippen molar-refractivity contribution >= 4 is 11.6 Å². The number of esters is 1. The molecule has 2 aromatic heterocycles. The van der Waals surface area contributed by atoms with E-state index in [1.54, 1.807) is 25.3 Å². The fourth-order valence-electron chi connectivity index (χ4n) is 5.19. The predicted molar refractivity (Wildman–Crippen MR) is 124 cm³/mol. The van der Waals surface area contributed by atoms with Crippen LogP contribution in [0.1, 0.15) is 74.3 Å². The van der Waals surface area contributed by atoms with Gasteiger partial charge in [-0.2, -0.15) is 5.10 Å². The van der Waals surface area contributed by atoms with Gasteiger partial charge in [-0.1, -0.05) is 25.5 Å². The van der Waals surface area contributed by atoms with Gasteiger partial charge in [0, 0.05) is 18.5 Å². The van der Waals surface area contributed by atoms with Gasteiger partial charge in [-0.25, -0.2) is 13.7 Å². The molecule has 0 radical (unpaired) electrons. The molecule has 3 aromatic rings. The number of benzene rings is 1. The molecule has 2 heterocycles. The van der Waals surface area contributed by atoms with Crippen molar-refractivity contribution in [3.8, 4) is 11.3 Å². The molecule has 5 nitrogen and oxygen atoms in total. The Morgan fingerprint density at radius 1 is 1.19 bits per heavy atom. The van der Waals surface area contributed by atoms with Crippen molar-refractivity contribution in [2.24, 2.45) is 13.0 Å². The van der Waals surface area contributed by atoms with Crippen LogP contribution in [0.2, 0.25) is 0 Å². The first kappa shape index (κ1) is 22.3. The van der Waals surface area contributed by atoms with E-state index in [1.165, 1.54) is 17.7 Å². The molecule has 1 saturated carbocycles. The first-order chi connectivity index (χ1) is 15.5. The first-order valence-electron chi connectivity index (χ1n) is 11.6. The summed E-state index contributed by atoms with van der Waals surface area (Å²) in [6.45, 7) is 8.63. The molecule has 0 amide bonds. The van der Waals surface area contributed by atoms with Crippen LogP contribution >= 0.6 is 0 Å². The number of aromatic nitrogens is 3. The second-order valence-electron chi connectivity index (χ2n) is 8.77. The van der Waals surface area contributed by atoms with Crippen LogP contribution in [0.5, 0.6) is 0 Å². The zero-order valence-corrected chi connectivity index (χ0v) is 19.2. The Balaban J connectivity index is 1.78. The molecule has 170 valence electrons. The van der Waals surface area contributed by atoms with Crippen molar-refractivity contribution < 1.29 is 13.9 Å². The van der Waals surface area contributed by atoms with Gasteiger partial charge < -0.3 is 9.30 Å². The number of hydrogen-bond acceptors (Lipinski definition) is 3. The van der Waals surface area contributed by atoms with Gasteiger partial charge in [-0.05, 0) is 69.2 Å². The number of halogens is 1. The Labute approximate surface area is 188 Å². The summed E-state index contributed by atoms with van der Waals surface area (Å²) in [5.41, 5.74) is 5.52. The molecule has 1 aliphatic rings. The minimum atomic E-state index is -0.375. The lowest BCUT2D eigenvalue weighted by molar-refractivity contribution is 0.0528. The summed E-state index contributed by atoms with van der Waals surface area (Å²) < 4.78 is 22.8. The maximum atomic E-state index is 13.6. The summed E-state index contributed by atoms with van der Waals surface area (Å²) in [7, 11) is 1.94. The monoisotopic (exact) mass is 437 g/mol. The highest BCUT2D eigenvalue weighted by Crippen LogP contribution is 2.43. The number of rotatable bonds is 7. The molecule has 1 fully saturated rings. The number of hydrogen-bond donors (Lipinski definition) is 0. The van der Waals surface area contributed by atoms with Crippen LogP contribution in [-0.4, -0.2) is 26.8 Å². The molecule has 0 saturated heterocycles. The highest BCUT2D eigenvalue weighted by molar-refractivity contribution is 5.96. The summed E-state index contributed by atoms with van der Waals surface area (Å²) in [5, 5.41) is 4.61. The predicted octanol–water partition coefficient (Wildman–Crippen LogP) is 6.29. The molecule has 0 unspecified atom stereocenters. The Bertz CT molecular complexity index is 1120. The maximum absolute atomic E-state index is 13.6. The third-order valence-electron chi connectivity index (χ3n) is 6.74. The second-order valence-corrected chi connectivity index (χ2v) is 8.77. The average molecular weight is 438 g/mol. The van der Waals surface area contributed by atoms with Gasteiger partial charge in [-0.15, -0.1) is 0 Å². The van der Waals surface area contributed by atoms with Gasteiger partial charge in [0.25, 0.3) is 0 Å². The molecule has 1 aromatic carbocycles. The molecule has 0 aliphatic heterocycles. The zero-order valence-electron chi connectivity index (χ0n) is 19.2. The number of nitrogens with zero attached hydrogens (tertiary/aromatic N) is 3. The summed E-state index contributed by atoms with van der Waals surface area (Å²) in [4.78, 5) is 12.6. The highest BCUT2D eigenvalue weighted by atomic mass is 19.1. The molecule has 0 N–H and O–H groups in total. The molecule has 0 bridgehead atoms. The van der Waals surface area contributed by atoms with E-state index in [4.69, 9.17) is 4.74 Å². The highest BCUT2D eigenvalue weighted by Gasteiger charge is 2.32. The molecule has 0 atom stereocenters. The van der Waals surface area contributed by atoms with E-state index >= 15 is 0 Å². The summed E-state index contributed by atoms with van der Waals surface area (Å²) >= 11 is 0. The standard InChI is InChI=1S/C26H32FN3O2/c1-5-7-17(3)18-8-10-20(11-9-18)24-23(19-12-14-21(27)15-13-19)29(4)25-22(16-28-30(24)25)26(31)32-6-2/h12-16,18,20H,3,5-11H2,1-2,4H3. The molecule has 32 heavy (non-hydrogen) atoms. The van der Waals surface area contributed by atoms with Gasteiger partial charge >= 0.3 is 5.97 Å². The number of imidazole rings is 1. The fourth-order valence-corrected chi connectivity index (χ4v) is 5.19. The zero-order chi connectivity index (χ0) is 22.8. The molecule has 0 spiro atoms. The molecular weight excluding hydrogens is 405 g/mol. The molecule has 1 aliphatic carbocycles. The Hall–Kier alpha value is -2.89. The largest absolute Gasteiger partial charge is 0.462 e. The lowest BCUT2D eigenvalue weighted by Crippen LogP contribution is -2.17. The van der Waals surface area contributed by atoms with Crippen LogP contribution in [0, 0.1) is 11.7 Å². The third-order valence-corrected chi connectivity index (χ3v) is 6.74. The van der Waals surface area contributed by atoms with E-state index in [0.29, 0.717) is 24.0 Å². The van der Waals surface area contributed by atoms with Crippen LogP contribution < -0.4 is 0 Å². The topological polar surface area (TPSA) is 48.5 Å².